The minimum atomic E-state index is -4.66. The highest BCUT2D eigenvalue weighted by Gasteiger charge is 2.40. The molecule has 2 nitrogen and oxygen atoms in total. The maximum atomic E-state index is 12.7. The smallest absolute Gasteiger partial charge is 0.401 e. The van der Waals surface area contributed by atoms with Crippen LogP contribution in [0.4, 0.5) is 13.2 Å². The largest absolute Gasteiger partial charge is 0.432 e. The molecule has 6 heteroatoms. The van der Waals surface area contributed by atoms with E-state index < -0.39 is 16.6 Å². The lowest BCUT2D eigenvalue weighted by Gasteiger charge is -2.35. The van der Waals surface area contributed by atoms with Crippen LogP contribution >= 0.6 is 11.8 Å². The molecule has 0 aliphatic rings. The van der Waals surface area contributed by atoms with Crippen LogP contribution in [0.3, 0.4) is 0 Å². The maximum Gasteiger partial charge on any atom is 0.432 e. The second-order valence-corrected chi connectivity index (χ2v) is 7.87. The quantitative estimate of drug-likeness (QED) is 0.583. The van der Waals surface area contributed by atoms with Gasteiger partial charge in [0.25, 0.3) is 0 Å². The van der Waals surface area contributed by atoms with Crippen LogP contribution in [0.15, 0.2) is 11.3 Å². The average Bonchev–Trinajstić information content (AvgIpc) is 2.42. The van der Waals surface area contributed by atoms with Gasteiger partial charge in [0, 0.05) is 5.70 Å². The van der Waals surface area contributed by atoms with Gasteiger partial charge < -0.3 is 5.73 Å². The van der Waals surface area contributed by atoms with Crippen LogP contribution in [-0.4, -0.2) is 22.4 Å². The number of nitrogens with two attached hydrogens (primary N) is 1. The van der Waals surface area contributed by atoms with Gasteiger partial charge in [-0.3, -0.25) is 5.41 Å². The summed E-state index contributed by atoms with van der Waals surface area (Å²) in [4.78, 5) is 0. The number of halogens is 3. The highest BCUT2D eigenvalue weighted by molar-refractivity contribution is 8.00. The summed E-state index contributed by atoms with van der Waals surface area (Å²) in [5.74, 6) is 1.51. The molecule has 0 fully saturated rings. The normalized spacial score (nSPS) is 17.9. The van der Waals surface area contributed by atoms with Crippen molar-refractivity contribution >= 4 is 17.5 Å². The number of alkyl halides is 3. The van der Waals surface area contributed by atoms with Crippen molar-refractivity contribution in [2.45, 2.75) is 65.3 Å². The molecule has 0 rings (SSSR count). The molecule has 0 saturated carbocycles. The zero-order chi connectivity index (χ0) is 17.7. The Balaban J connectivity index is 5.33. The molecule has 2 unspecified atom stereocenters. The van der Waals surface area contributed by atoms with E-state index in [-0.39, 0.29) is 17.2 Å². The van der Waals surface area contributed by atoms with E-state index in [2.05, 4.69) is 13.8 Å². The van der Waals surface area contributed by atoms with E-state index in [1.54, 1.807) is 11.8 Å². The Morgan fingerprint density at radius 1 is 1.23 bits per heavy atom. The zero-order valence-corrected chi connectivity index (χ0v) is 15.2. The SMILES string of the molecule is CCC(C)CCSC(C)(/C(N)=C(\C)C(=N)C(F)(F)F)C(C)C. The Labute approximate surface area is 136 Å². The van der Waals surface area contributed by atoms with E-state index >= 15 is 0 Å². The average molecular weight is 338 g/mol. The fourth-order valence-electron chi connectivity index (χ4n) is 1.95. The first kappa shape index (κ1) is 21.4. The summed E-state index contributed by atoms with van der Waals surface area (Å²) >= 11 is 1.59. The van der Waals surface area contributed by atoms with Crippen LogP contribution in [0.1, 0.15) is 54.4 Å². The summed E-state index contributed by atoms with van der Waals surface area (Å²) in [7, 11) is 0. The van der Waals surface area contributed by atoms with Crippen molar-refractivity contribution in [2.75, 3.05) is 5.75 Å². The number of allylic oxidation sites excluding steroid dienone is 1. The third-order valence-electron chi connectivity index (χ3n) is 4.41. The van der Waals surface area contributed by atoms with E-state index in [0.29, 0.717) is 5.92 Å². The highest BCUT2D eigenvalue weighted by atomic mass is 32.2. The zero-order valence-electron chi connectivity index (χ0n) is 14.4. The van der Waals surface area contributed by atoms with Crippen LogP contribution in [0.5, 0.6) is 0 Å². The first-order valence-electron chi connectivity index (χ1n) is 7.64. The van der Waals surface area contributed by atoms with E-state index in [0.717, 1.165) is 18.6 Å². The molecule has 0 heterocycles. The molecule has 0 spiro atoms. The van der Waals surface area contributed by atoms with Crippen molar-refractivity contribution in [1.29, 1.82) is 5.41 Å². The summed E-state index contributed by atoms with van der Waals surface area (Å²) in [6, 6.07) is 0. The molecule has 2 atom stereocenters. The molecule has 0 aromatic rings. The number of rotatable bonds is 8. The van der Waals surface area contributed by atoms with Crippen LogP contribution in [0.2, 0.25) is 0 Å². The van der Waals surface area contributed by atoms with Crippen LogP contribution in [-0.2, 0) is 0 Å². The Hall–Kier alpha value is -0.650. The number of thioether (sulfide) groups is 1. The molecule has 0 aliphatic heterocycles. The summed E-state index contributed by atoms with van der Waals surface area (Å²) < 4.78 is 37.6. The fourth-order valence-corrected chi connectivity index (χ4v) is 3.54. The minimum Gasteiger partial charge on any atom is -0.401 e. The first-order valence-corrected chi connectivity index (χ1v) is 8.63. The molecule has 130 valence electrons. The Morgan fingerprint density at radius 2 is 1.73 bits per heavy atom. The summed E-state index contributed by atoms with van der Waals surface area (Å²) in [5.41, 5.74) is 4.71. The molecule has 0 aromatic carbocycles. The monoisotopic (exact) mass is 338 g/mol. The van der Waals surface area contributed by atoms with Crippen molar-refractivity contribution in [2.24, 2.45) is 17.6 Å². The maximum absolute atomic E-state index is 12.7. The third-order valence-corrected chi connectivity index (χ3v) is 6.14. The molecule has 0 aromatic heterocycles. The summed E-state index contributed by atoms with van der Waals surface area (Å²) in [6.07, 6.45) is -2.57. The van der Waals surface area contributed by atoms with Gasteiger partial charge in [0.1, 0.15) is 5.71 Å². The minimum absolute atomic E-state index is 0.0745. The van der Waals surface area contributed by atoms with Crippen molar-refractivity contribution in [3.05, 3.63) is 11.3 Å². The molecule has 0 bridgehead atoms. The third kappa shape index (κ3) is 5.52. The van der Waals surface area contributed by atoms with Gasteiger partial charge in [-0.15, -0.1) is 11.8 Å². The van der Waals surface area contributed by atoms with Gasteiger partial charge in [0.15, 0.2) is 0 Å². The summed E-state index contributed by atoms with van der Waals surface area (Å²) in [5, 5.41) is 7.30. The predicted molar refractivity (Wildman–Crippen MR) is 90.4 cm³/mol. The Morgan fingerprint density at radius 3 is 2.09 bits per heavy atom. The van der Waals surface area contributed by atoms with Crippen molar-refractivity contribution < 1.29 is 13.2 Å². The Kier molecular flexibility index (Phi) is 8.03. The molecule has 0 saturated heterocycles. The lowest BCUT2D eigenvalue weighted by Crippen LogP contribution is -2.38. The second-order valence-electron chi connectivity index (χ2n) is 6.32. The molecular weight excluding hydrogens is 309 g/mol. The molecule has 22 heavy (non-hydrogen) atoms. The second kappa shape index (κ2) is 8.27. The van der Waals surface area contributed by atoms with Gasteiger partial charge in [0.2, 0.25) is 0 Å². The van der Waals surface area contributed by atoms with Crippen molar-refractivity contribution in [3.63, 3.8) is 0 Å². The number of hydrogen-bond acceptors (Lipinski definition) is 3. The topological polar surface area (TPSA) is 49.9 Å². The lowest BCUT2D eigenvalue weighted by atomic mass is 9.90. The van der Waals surface area contributed by atoms with Crippen molar-refractivity contribution in [1.82, 2.24) is 0 Å². The molecule has 3 N–H and O–H groups in total. The standard InChI is InChI=1S/C16H29F3N2S/c1-7-11(4)8-9-22-15(6,10(2)3)13(20)12(5)14(21)16(17,18)19/h10-11,21H,7-9,20H2,1-6H3/b13-12-,21-14?. The Bertz CT molecular complexity index is 416. The van der Waals surface area contributed by atoms with Crippen LogP contribution in [0.25, 0.3) is 0 Å². The van der Waals surface area contributed by atoms with Crippen molar-refractivity contribution in [3.8, 4) is 0 Å². The summed E-state index contributed by atoms with van der Waals surface area (Å²) in [6.45, 7) is 11.4. The van der Waals surface area contributed by atoms with Gasteiger partial charge >= 0.3 is 6.18 Å². The highest BCUT2D eigenvalue weighted by Crippen LogP contribution is 2.40. The molecule has 0 amide bonds. The van der Waals surface area contributed by atoms with Gasteiger partial charge in [-0.25, -0.2) is 0 Å². The van der Waals surface area contributed by atoms with E-state index in [1.165, 1.54) is 6.92 Å². The molecule has 0 radical (unpaired) electrons. The van der Waals surface area contributed by atoms with Crippen LogP contribution < -0.4 is 5.73 Å². The predicted octanol–water partition coefficient (Wildman–Crippen LogP) is 5.39. The van der Waals surface area contributed by atoms with E-state index in [1.807, 2.05) is 20.8 Å². The lowest BCUT2D eigenvalue weighted by molar-refractivity contribution is -0.0590. The van der Waals surface area contributed by atoms with Gasteiger partial charge in [-0.2, -0.15) is 13.2 Å². The number of hydrogen-bond donors (Lipinski definition) is 2. The molecule has 0 aliphatic carbocycles. The van der Waals surface area contributed by atoms with Gasteiger partial charge in [0.05, 0.1) is 4.75 Å². The first-order chi connectivity index (χ1) is 9.87. The van der Waals surface area contributed by atoms with Gasteiger partial charge in [-0.1, -0.05) is 34.1 Å². The van der Waals surface area contributed by atoms with Gasteiger partial charge in [-0.05, 0) is 43.4 Å². The number of nitrogens with one attached hydrogen (secondary N) is 1. The fraction of sp³-hybridized carbons (Fsp3) is 0.812. The van der Waals surface area contributed by atoms with E-state index in [9.17, 15) is 13.2 Å². The van der Waals surface area contributed by atoms with Crippen LogP contribution in [0, 0.1) is 17.2 Å². The molecular formula is C16H29F3N2S. The van der Waals surface area contributed by atoms with E-state index in [4.69, 9.17) is 11.1 Å².